The van der Waals surface area contributed by atoms with Crippen LogP contribution in [0, 0.1) is 5.82 Å². The molecule has 2 unspecified atom stereocenters. The number of rotatable bonds is 2. The van der Waals surface area contributed by atoms with Crippen molar-refractivity contribution in [1.82, 2.24) is 15.5 Å². The molecule has 1 saturated heterocycles. The highest BCUT2D eigenvalue weighted by atomic mass is 79.9. The summed E-state index contributed by atoms with van der Waals surface area (Å²) in [7, 11) is 0. The molecule has 4 nitrogen and oxygen atoms in total. The Morgan fingerprint density at radius 1 is 1.45 bits per heavy atom. The zero-order valence-corrected chi connectivity index (χ0v) is 12.7. The van der Waals surface area contributed by atoms with Gasteiger partial charge in [0.25, 0.3) is 0 Å². The van der Waals surface area contributed by atoms with E-state index in [1.807, 2.05) is 0 Å². The molecule has 0 spiro atoms. The minimum atomic E-state index is -0.301. The van der Waals surface area contributed by atoms with Gasteiger partial charge in [0, 0.05) is 17.5 Å². The summed E-state index contributed by atoms with van der Waals surface area (Å²) in [4.78, 5) is 4.46. The molecule has 1 aromatic carbocycles. The molecule has 1 aromatic heterocycles. The van der Waals surface area contributed by atoms with Gasteiger partial charge in [0.15, 0.2) is 0 Å². The fourth-order valence-electron chi connectivity index (χ4n) is 2.51. The Morgan fingerprint density at radius 3 is 3.05 bits per heavy atom. The van der Waals surface area contributed by atoms with Crippen molar-refractivity contribution in [3.63, 3.8) is 0 Å². The number of hydrogen-bond donors (Lipinski definition) is 1. The van der Waals surface area contributed by atoms with Crippen LogP contribution >= 0.6 is 15.9 Å². The first kappa shape index (κ1) is 13.7. The highest BCUT2D eigenvalue weighted by Gasteiger charge is 2.25. The Bertz CT molecular complexity index is 616. The Hall–Kier alpha value is -1.27. The quantitative estimate of drug-likeness (QED) is 0.909. The largest absolute Gasteiger partial charge is 0.339 e. The molecule has 1 aliphatic rings. The molecule has 20 heavy (non-hydrogen) atoms. The van der Waals surface area contributed by atoms with E-state index in [2.05, 4.69) is 38.3 Å². The molecule has 0 bridgehead atoms. The van der Waals surface area contributed by atoms with Gasteiger partial charge in [-0.15, -0.1) is 0 Å². The lowest BCUT2D eigenvalue weighted by Crippen LogP contribution is -2.34. The highest BCUT2D eigenvalue weighted by Crippen LogP contribution is 2.29. The monoisotopic (exact) mass is 339 g/mol. The molecular formula is C14H15BrFN3O. The predicted octanol–water partition coefficient (Wildman–Crippen LogP) is 3.49. The van der Waals surface area contributed by atoms with E-state index >= 15 is 0 Å². The number of nitrogens with one attached hydrogen (secondary N) is 1. The normalized spacial score (nSPS) is 22.9. The van der Waals surface area contributed by atoms with Gasteiger partial charge >= 0.3 is 0 Å². The van der Waals surface area contributed by atoms with Crippen molar-refractivity contribution >= 4 is 15.9 Å². The Morgan fingerprint density at radius 2 is 2.30 bits per heavy atom. The van der Waals surface area contributed by atoms with Crippen LogP contribution in [-0.2, 0) is 0 Å². The molecule has 3 rings (SSSR count). The summed E-state index contributed by atoms with van der Waals surface area (Å²) in [6.07, 6.45) is 1.99. The van der Waals surface area contributed by atoms with Crippen molar-refractivity contribution in [3.8, 4) is 11.4 Å². The van der Waals surface area contributed by atoms with Crippen molar-refractivity contribution < 1.29 is 8.91 Å². The third-order valence-corrected chi connectivity index (χ3v) is 4.20. The van der Waals surface area contributed by atoms with Crippen LogP contribution in [0.25, 0.3) is 11.4 Å². The van der Waals surface area contributed by atoms with E-state index < -0.39 is 0 Å². The molecule has 106 valence electrons. The van der Waals surface area contributed by atoms with E-state index in [0.29, 0.717) is 28.1 Å². The maximum absolute atomic E-state index is 13.2. The van der Waals surface area contributed by atoms with Crippen molar-refractivity contribution in [2.75, 3.05) is 6.54 Å². The van der Waals surface area contributed by atoms with E-state index in [1.54, 1.807) is 12.1 Å². The van der Waals surface area contributed by atoms with Gasteiger partial charge in [-0.2, -0.15) is 4.98 Å². The lowest BCUT2D eigenvalue weighted by atomic mass is 9.93. The highest BCUT2D eigenvalue weighted by molar-refractivity contribution is 9.10. The summed E-state index contributed by atoms with van der Waals surface area (Å²) >= 11 is 3.17. The van der Waals surface area contributed by atoms with E-state index in [0.717, 1.165) is 24.9 Å². The summed E-state index contributed by atoms with van der Waals surface area (Å²) in [5.74, 6) is 1.18. The molecule has 0 saturated carbocycles. The molecule has 0 radical (unpaired) electrons. The van der Waals surface area contributed by atoms with Gasteiger partial charge in [0.1, 0.15) is 5.82 Å². The maximum Gasteiger partial charge on any atom is 0.230 e. The SMILES string of the molecule is CC1CC(c2nc(-c3ccc(F)c(Br)c3)no2)CCN1. The van der Waals surface area contributed by atoms with Crippen LogP contribution in [0.15, 0.2) is 27.2 Å². The Kier molecular flexibility index (Phi) is 3.85. The second kappa shape index (κ2) is 5.61. The average Bonchev–Trinajstić information content (AvgIpc) is 2.92. The zero-order valence-electron chi connectivity index (χ0n) is 11.1. The van der Waals surface area contributed by atoms with Crippen LogP contribution in [0.5, 0.6) is 0 Å². The summed E-state index contributed by atoms with van der Waals surface area (Å²) in [6.45, 7) is 3.12. The van der Waals surface area contributed by atoms with Gasteiger partial charge in [-0.1, -0.05) is 5.16 Å². The van der Waals surface area contributed by atoms with Gasteiger partial charge in [-0.05, 0) is 60.4 Å². The molecule has 1 fully saturated rings. The third-order valence-electron chi connectivity index (χ3n) is 3.59. The molecule has 0 amide bonds. The second-order valence-electron chi connectivity index (χ2n) is 5.16. The number of aromatic nitrogens is 2. The van der Waals surface area contributed by atoms with Gasteiger partial charge in [0.05, 0.1) is 4.47 Å². The fraction of sp³-hybridized carbons (Fsp3) is 0.429. The first-order valence-corrected chi connectivity index (χ1v) is 7.45. The fourth-order valence-corrected chi connectivity index (χ4v) is 2.89. The van der Waals surface area contributed by atoms with E-state index in [9.17, 15) is 4.39 Å². The van der Waals surface area contributed by atoms with Crippen LogP contribution in [0.2, 0.25) is 0 Å². The molecule has 0 aliphatic carbocycles. The smallest absolute Gasteiger partial charge is 0.230 e. The van der Waals surface area contributed by atoms with Crippen LogP contribution < -0.4 is 5.32 Å². The average molecular weight is 340 g/mol. The zero-order chi connectivity index (χ0) is 14.1. The molecular weight excluding hydrogens is 325 g/mol. The lowest BCUT2D eigenvalue weighted by Gasteiger charge is -2.25. The van der Waals surface area contributed by atoms with E-state index in [-0.39, 0.29) is 5.82 Å². The standard InChI is InChI=1S/C14H15BrFN3O/c1-8-6-10(4-5-17-8)14-18-13(19-20-14)9-2-3-12(16)11(15)7-9/h2-3,7-8,10,17H,4-6H2,1H3. The number of halogens is 2. The van der Waals surface area contributed by atoms with Crippen molar-refractivity contribution in [1.29, 1.82) is 0 Å². The molecule has 2 atom stereocenters. The summed E-state index contributed by atoms with van der Waals surface area (Å²) in [6, 6.07) is 5.17. The van der Waals surface area contributed by atoms with Crippen molar-refractivity contribution in [2.45, 2.75) is 31.7 Å². The van der Waals surface area contributed by atoms with E-state index in [4.69, 9.17) is 4.52 Å². The van der Waals surface area contributed by atoms with Crippen LogP contribution in [0.4, 0.5) is 4.39 Å². The van der Waals surface area contributed by atoms with E-state index in [1.165, 1.54) is 6.07 Å². The lowest BCUT2D eigenvalue weighted by molar-refractivity contribution is 0.295. The maximum atomic E-state index is 13.2. The topological polar surface area (TPSA) is 51.0 Å². The molecule has 1 aliphatic heterocycles. The van der Waals surface area contributed by atoms with Gasteiger partial charge < -0.3 is 9.84 Å². The summed E-state index contributed by atoms with van der Waals surface area (Å²) < 4.78 is 19.0. The molecule has 1 N–H and O–H groups in total. The van der Waals surface area contributed by atoms with Crippen molar-refractivity contribution in [3.05, 3.63) is 34.4 Å². The Balaban J connectivity index is 1.84. The van der Waals surface area contributed by atoms with Gasteiger partial charge in [0.2, 0.25) is 11.7 Å². The first-order chi connectivity index (χ1) is 9.63. The minimum Gasteiger partial charge on any atom is -0.339 e. The molecule has 6 heteroatoms. The van der Waals surface area contributed by atoms with Crippen LogP contribution in [-0.4, -0.2) is 22.7 Å². The second-order valence-corrected chi connectivity index (χ2v) is 6.02. The van der Waals surface area contributed by atoms with Gasteiger partial charge in [-0.3, -0.25) is 0 Å². The minimum absolute atomic E-state index is 0.301. The summed E-state index contributed by atoms with van der Waals surface area (Å²) in [5, 5.41) is 7.40. The van der Waals surface area contributed by atoms with Crippen LogP contribution in [0.1, 0.15) is 31.6 Å². The Labute approximate surface area is 124 Å². The number of benzene rings is 1. The molecule has 2 aromatic rings. The number of nitrogens with zero attached hydrogens (tertiary/aromatic N) is 2. The first-order valence-electron chi connectivity index (χ1n) is 6.66. The van der Waals surface area contributed by atoms with Crippen molar-refractivity contribution in [2.24, 2.45) is 0 Å². The third kappa shape index (κ3) is 2.76. The van der Waals surface area contributed by atoms with Crippen LogP contribution in [0.3, 0.4) is 0 Å². The van der Waals surface area contributed by atoms with Gasteiger partial charge in [-0.25, -0.2) is 4.39 Å². The number of piperidine rings is 1. The summed E-state index contributed by atoms with van der Waals surface area (Å²) in [5.41, 5.74) is 0.746. The predicted molar refractivity (Wildman–Crippen MR) is 76.8 cm³/mol. The molecule has 2 heterocycles. The number of hydrogen-bond acceptors (Lipinski definition) is 4.